The van der Waals surface area contributed by atoms with Crippen molar-refractivity contribution in [3.63, 3.8) is 0 Å². The van der Waals surface area contributed by atoms with E-state index in [0.717, 1.165) is 37.8 Å². The topological polar surface area (TPSA) is 18.5 Å². The summed E-state index contributed by atoms with van der Waals surface area (Å²) in [6.45, 7) is 1.87. The molecule has 0 N–H and O–H groups in total. The van der Waals surface area contributed by atoms with Gasteiger partial charge < -0.3 is 9.47 Å². The number of benzene rings is 3. The molecule has 0 spiro atoms. The van der Waals surface area contributed by atoms with Crippen LogP contribution >= 0.6 is 0 Å². The van der Waals surface area contributed by atoms with Gasteiger partial charge >= 0.3 is 6.11 Å². The van der Waals surface area contributed by atoms with Gasteiger partial charge in [-0.2, -0.15) is 13.2 Å². The van der Waals surface area contributed by atoms with Crippen molar-refractivity contribution in [2.45, 2.75) is 58.2 Å². The molecular weight excluding hydrogens is 513 g/mol. The first-order chi connectivity index (χ1) is 18.1. The molecule has 38 heavy (non-hydrogen) atoms. The fraction of sp³-hybridized carbons (Fsp3) is 0.379. The predicted molar refractivity (Wildman–Crippen MR) is 128 cm³/mol. The van der Waals surface area contributed by atoms with Crippen molar-refractivity contribution < 1.29 is 40.2 Å². The summed E-state index contributed by atoms with van der Waals surface area (Å²) in [7, 11) is 0. The van der Waals surface area contributed by atoms with Gasteiger partial charge in [0, 0.05) is 5.56 Å². The Balaban J connectivity index is 1.37. The highest BCUT2D eigenvalue weighted by atomic mass is 19.3. The lowest BCUT2D eigenvalue weighted by atomic mass is 9.79. The molecule has 204 valence electrons. The smallest absolute Gasteiger partial charge is 0.400 e. The lowest BCUT2D eigenvalue weighted by Crippen LogP contribution is -2.37. The second-order valence-corrected chi connectivity index (χ2v) is 9.60. The lowest BCUT2D eigenvalue weighted by Gasteiger charge is -2.33. The van der Waals surface area contributed by atoms with Crippen LogP contribution in [0.3, 0.4) is 0 Å². The molecule has 0 heterocycles. The lowest BCUT2D eigenvalue weighted by molar-refractivity contribution is -0.223. The van der Waals surface area contributed by atoms with Crippen LogP contribution in [0.25, 0.3) is 11.1 Å². The van der Waals surface area contributed by atoms with E-state index in [4.69, 9.17) is 9.47 Å². The summed E-state index contributed by atoms with van der Waals surface area (Å²) < 4.78 is 109. The molecule has 3 aromatic carbocycles. The molecule has 0 unspecified atom stereocenters. The van der Waals surface area contributed by atoms with Gasteiger partial charge in [-0.3, -0.25) is 0 Å². The first-order valence-corrected chi connectivity index (χ1v) is 12.5. The quantitative estimate of drug-likeness (QED) is 0.199. The van der Waals surface area contributed by atoms with Gasteiger partial charge in [-0.15, -0.1) is 0 Å². The third-order valence-electron chi connectivity index (χ3n) is 6.93. The van der Waals surface area contributed by atoms with E-state index >= 15 is 0 Å². The van der Waals surface area contributed by atoms with Crippen molar-refractivity contribution in [1.82, 2.24) is 0 Å². The van der Waals surface area contributed by atoms with Gasteiger partial charge in [0.1, 0.15) is 12.4 Å². The van der Waals surface area contributed by atoms with Crippen LogP contribution < -0.4 is 9.47 Å². The van der Waals surface area contributed by atoms with Gasteiger partial charge in [-0.05, 0) is 79.1 Å². The van der Waals surface area contributed by atoms with Crippen LogP contribution in [-0.4, -0.2) is 6.11 Å². The fourth-order valence-corrected chi connectivity index (χ4v) is 4.83. The zero-order valence-electron chi connectivity index (χ0n) is 20.7. The predicted octanol–water partition coefficient (Wildman–Crippen LogP) is 9.21. The maximum absolute atomic E-state index is 14.7. The number of rotatable bonds is 9. The summed E-state index contributed by atoms with van der Waals surface area (Å²) in [5.41, 5.74) is -0.382. The van der Waals surface area contributed by atoms with Gasteiger partial charge in [0.15, 0.2) is 29.0 Å². The average molecular weight is 541 g/mol. The van der Waals surface area contributed by atoms with Gasteiger partial charge in [-0.1, -0.05) is 31.9 Å². The zero-order chi connectivity index (χ0) is 27.4. The average Bonchev–Trinajstić information content (AvgIpc) is 2.89. The summed E-state index contributed by atoms with van der Waals surface area (Å²) in [6, 6.07) is 8.88. The van der Waals surface area contributed by atoms with Crippen LogP contribution in [-0.2, 0) is 6.61 Å². The molecule has 0 bridgehead atoms. The SMILES string of the molecule is CCCC1CCC(C(F)(F)Oc2ccc(COc3ccc(-c4cc(F)c(F)c(F)c4)c(F)c3F)cc2)CC1. The van der Waals surface area contributed by atoms with Crippen LogP contribution in [0.4, 0.5) is 30.7 Å². The fourth-order valence-electron chi connectivity index (χ4n) is 4.83. The summed E-state index contributed by atoms with van der Waals surface area (Å²) in [5, 5.41) is 0. The molecule has 0 radical (unpaired) electrons. The van der Waals surface area contributed by atoms with Crippen LogP contribution in [0.1, 0.15) is 51.0 Å². The van der Waals surface area contributed by atoms with E-state index in [1.165, 1.54) is 24.3 Å². The van der Waals surface area contributed by atoms with Gasteiger partial charge in [0.25, 0.3) is 0 Å². The first-order valence-electron chi connectivity index (χ1n) is 12.5. The van der Waals surface area contributed by atoms with E-state index in [1.807, 2.05) is 0 Å². The standard InChI is InChI=1S/C29H27F7O2/c1-2-3-17-4-8-20(9-5-17)29(35,36)38-21-10-6-18(7-11-21)16-37-25-13-12-22(26(32)28(25)34)19-14-23(30)27(33)24(31)15-19/h6-7,10-15,17,20H,2-5,8-9,16H2,1H3. The van der Waals surface area contributed by atoms with Crippen LogP contribution in [0, 0.1) is 40.9 Å². The Labute approximate surface area is 216 Å². The van der Waals surface area contributed by atoms with E-state index in [1.54, 1.807) is 0 Å². The van der Waals surface area contributed by atoms with Crippen molar-refractivity contribution in [3.05, 3.63) is 83.2 Å². The van der Waals surface area contributed by atoms with Crippen LogP contribution in [0.15, 0.2) is 48.5 Å². The van der Waals surface area contributed by atoms with Crippen molar-refractivity contribution >= 4 is 0 Å². The molecule has 2 nitrogen and oxygen atoms in total. The van der Waals surface area contributed by atoms with Gasteiger partial charge in [0.2, 0.25) is 5.82 Å². The van der Waals surface area contributed by atoms with Gasteiger partial charge in [0.05, 0.1) is 5.92 Å². The Morgan fingerprint density at radius 3 is 2.03 bits per heavy atom. The minimum atomic E-state index is -3.30. The molecule has 0 amide bonds. The highest BCUT2D eigenvalue weighted by molar-refractivity contribution is 5.65. The van der Waals surface area contributed by atoms with E-state index < -0.39 is 52.4 Å². The second-order valence-electron chi connectivity index (χ2n) is 9.60. The van der Waals surface area contributed by atoms with Crippen molar-refractivity contribution in [2.24, 2.45) is 11.8 Å². The molecule has 0 aliphatic heterocycles. The number of hydrogen-bond donors (Lipinski definition) is 0. The molecule has 3 aromatic rings. The molecule has 9 heteroatoms. The molecule has 4 rings (SSSR count). The minimum absolute atomic E-state index is 0.0187. The van der Waals surface area contributed by atoms with E-state index in [-0.39, 0.29) is 17.9 Å². The van der Waals surface area contributed by atoms with E-state index in [0.29, 0.717) is 36.5 Å². The Kier molecular flexibility index (Phi) is 8.53. The van der Waals surface area contributed by atoms with Crippen LogP contribution in [0.5, 0.6) is 11.5 Å². The van der Waals surface area contributed by atoms with Crippen molar-refractivity contribution in [1.29, 1.82) is 0 Å². The molecular formula is C29H27F7O2. The summed E-state index contributed by atoms with van der Waals surface area (Å²) in [4.78, 5) is 0. The largest absolute Gasteiger partial charge is 0.486 e. The first kappa shape index (κ1) is 27.8. The van der Waals surface area contributed by atoms with Crippen molar-refractivity contribution in [2.75, 3.05) is 0 Å². The number of halogens is 7. The molecule has 1 aliphatic rings. The minimum Gasteiger partial charge on any atom is -0.486 e. The summed E-state index contributed by atoms with van der Waals surface area (Å²) >= 11 is 0. The van der Waals surface area contributed by atoms with Crippen molar-refractivity contribution in [3.8, 4) is 22.6 Å². The Morgan fingerprint density at radius 1 is 0.789 bits per heavy atom. The third-order valence-corrected chi connectivity index (χ3v) is 6.93. The van der Waals surface area contributed by atoms with Gasteiger partial charge in [-0.25, -0.2) is 17.6 Å². The monoisotopic (exact) mass is 540 g/mol. The Bertz CT molecular complexity index is 1230. The molecule has 0 aromatic heterocycles. The Hall–Kier alpha value is -3.23. The molecule has 0 atom stereocenters. The third kappa shape index (κ3) is 6.25. The molecule has 0 saturated heterocycles. The zero-order valence-corrected chi connectivity index (χ0v) is 20.7. The van der Waals surface area contributed by atoms with E-state index in [9.17, 15) is 30.7 Å². The summed E-state index contributed by atoms with van der Waals surface area (Å²) in [6.07, 6.45) is 1.16. The second kappa shape index (κ2) is 11.7. The van der Waals surface area contributed by atoms with E-state index in [2.05, 4.69) is 6.92 Å². The maximum Gasteiger partial charge on any atom is 0.400 e. The number of hydrogen-bond acceptors (Lipinski definition) is 2. The highest BCUT2D eigenvalue weighted by Gasteiger charge is 2.43. The number of ether oxygens (including phenoxy) is 2. The highest BCUT2D eigenvalue weighted by Crippen LogP contribution is 2.41. The summed E-state index contributed by atoms with van der Waals surface area (Å²) in [5.74, 6) is -8.46. The Morgan fingerprint density at radius 2 is 1.42 bits per heavy atom. The molecule has 1 fully saturated rings. The normalized spacial score (nSPS) is 17.9. The molecule has 1 aliphatic carbocycles. The molecule has 1 saturated carbocycles. The van der Waals surface area contributed by atoms with Crippen LogP contribution in [0.2, 0.25) is 0 Å². The maximum atomic E-state index is 14.7. The number of alkyl halides is 2.